The topological polar surface area (TPSA) is 49.2 Å². The van der Waals surface area contributed by atoms with Crippen molar-refractivity contribution in [2.75, 3.05) is 14.2 Å². The third-order valence-electron chi connectivity index (χ3n) is 4.54. The number of hydrogen-bond donors (Lipinski definition) is 0. The molecule has 0 atom stereocenters. The summed E-state index contributed by atoms with van der Waals surface area (Å²) >= 11 is 6.45. The van der Waals surface area contributed by atoms with Gasteiger partial charge in [0.1, 0.15) is 17.0 Å². The summed E-state index contributed by atoms with van der Waals surface area (Å²) in [6.07, 6.45) is 0. The first-order valence-corrected chi connectivity index (χ1v) is 8.59. The molecule has 0 saturated carbocycles. The molecule has 2 aromatic heterocycles. The van der Waals surface area contributed by atoms with Crippen molar-refractivity contribution in [2.45, 2.75) is 13.8 Å². The van der Waals surface area contributed by atoms with E-state index in [4.69, 9.17) is 31.2 Å². The molecule has 0 aliphatic heterocycles. The molecule has 132 valence electrons. The molecule has 4 aromatic rings. The van der Waals surface area contributed by atoms with Crippen LogP contribution in [0.15, 0.2) is 36.4 Å². The highest BCUT2D eigenvalue weighted by molar-refractivity contribution is 6.32. The Kier molecular flexibility index (Phi) is 3.96. The van der Waals surface area contributed by atoms with Gasteiger partial charge in [-0.1, -0.05) is 23.7 Å². The number of para-hydroxylation sites is 1. The first-order valence-electron chi connectivity index (χ1n) is 8.21. The Hall–Kier alpha value is -2.79. The SMILES string of the molecule is COc1cc(OC)c2nc(C)c3c(C)nn(-c4ccccc4Cl)c3c2c1. The van der Waals surface area contributed by atoms with E-state index in [1.165, 1.54) is 0 Å². The molecule has 0 radical (unpaired) electrons. The number of halogens is 1. The Morgan fingerprint density at radius 3 is 2.46 bits per heavy atom. The first kappa shape index (κ1) is 16.7. The maximum Gasteiger partial charge on any atom is 0.148 e. The van der Waals surface area contributed by atoms with E-state index in [1.54, 1.807) is 14.2 Å². The lowest BCUT2D eigenvalue weighted by Crippen LogP contribution is -1.99. The van der Waals surface area contributed by atoms with Gasteiger partial charge in [-0.3, -0.25) is 0 Å². The van der Waals surface area contributed by atoms with E-state index in [9.17, 15) is 0 Å². The molecular formula is C20H18ClN3O2. The van der Waals surface area contributed by atoms with Gasteiger partial charge in [0.25, 0.3) is 0 Å². The molecule has 6 heteroatoms. The second kappa shape index (κ2) is 6.18. The van der Waals surface area contributed by atoms with E-state index in [2.05, 4.69) is 0 Å². The van der Waals surface area contributed by atoms with Crippen LogP contribution in [-0.4, -0.2) is 29.0 Å². The Balaban J connectivity index is 2.23. The number of benzene rings is 2. The van der Waals surface area contributed by atoms with E-state index in [0.29, 0.717) is 16.5 Å². The van der Waals surface area contributed by atoms with E-state index in [1.807, 2.05) is 54.9 Å². The minimum Gasteiger partial charge on any atom is -0.497 e. The molecule has 0 saturated heterocycles. The Morgan fingerprint density at radius 2 is 1.77 bits per heavy atom. The number of fused-ring (bicyclic) bond motifs is 3. The Labute approximate surface area is 156 Å². The van der Waals surface area contributed by atoms with Crippen LogP contribution in [0.3, 0.4) is 0 Å². The Morgan fingerprint density at radius 1 is 1.00 bits per heavy atom. The van der Waals surface area contributed by atoms with Crippen molar-refractivity contribution in [3.63, 3.8) is 0 Å². The fourth-order valence-corrected chi connectivity index (χ4v) is 3.60. The average Bonchev–Trinajstić information content (AvgIpc) is 2.99. The lowest BCUT2D eigenvalue weighted by molar-refractivity contribution is 0.397. The molecule has 4 rings (SSSR count). The van der Waals surface area contributed by atoms with Gasteiger partial charge in [0, 0.05) is 22.5 Å². The second-order valence-corrected chi connectivity index (χ2v) is 6.50. The van der Waals surface area contributed by atoms with Crippen LogP contribution in [0.2, 0.25) is 5.02 Å². The second-order valence-electron chi connectivity index (χ2n) is 6.10. The number of hydrogen-bond acceptors (Lipinski definition) is 4. The number of pyridine rings is 1. The molecule has 5 nitrogen and oxygen atoms in total. The van der Waals surface area contributed by atoms with Crippen molar-refractivity contribution in [1.82, 2.24) is 14.8 Å². The zero-order valence-corrected chi connectivity index (χ0v) is 15.8. The summed E-state index contributed by atoms with van der Waals surface area (Å²) in [5.74, 6) is 1.36. The number of ether oxygens (including phenoxy) is 2. The summed E-state index contributed by atoms with van der Waals surface area (Å²) in [7, 11) is 3.27. The summed E-state index contributed by atoms with van der Waals surface area (Å²) in [4.78, 5) is 4.77. The standard InChI is InChI=1S/C20H18ClN3O2/c1-11-18-12(2)23-24(16-8-6-5-7-15(16)21)20(18)14-9-13(25-3)10-17(26-4)19(14)22-11/h5-10H,1-4H3. The van der Waals surface area contributed by atoms with E-state index in [-0.39, 0.29) is 0 Å². The van der Waals surface area contributed by atoms with Crippen LogP contribution in [0, 0.1) is 13.8 Å². The molecule has 0 aliphatic rings. The fourth-order valence-electron chi connectivity index (χ4n) is 3.38. The van der Waals surface area contributed by atoms with E-state index in [0.717, 1.165) is 38.9 Å². The average molecular weight is 368 g/mol. The normalized spacial score (nSPS) is 11.3. The number of nitrogens with zero attached hydrogens (tertiary/aromatic N) is 3. The molecule has 0 fully saturated rings. The van der Waals surface area contributed by atoms with Crippen molar-refractivity contribution in [2.24, 2.45) is 0 Å². The number of rotatable bonds is 3. The van der Waals surface area contributed by atoms with Gasteiger partial charge in [-0.25, -0.2) is 9.67 Å². The lowest BCUT2D eigenvalue weighted by atomic mass is 10.1. The maximum absolute atomic E-state index is 6.45. The van der Waals surface area contributed by atoms with Gasteiger partial charge in [-0.15, -0.1) is 0 Å². The van der Waals surface area contributed by atoms with Crippen LogP contribution in [0.1, 0.15) is 11.4 Å². The largest absolute Gasteiger partial charge is 0.497 e. The van der Waals surface area contributed by atoms with Crippen LogP contribution in [0.4, 0.5) is 0 Å². The zero-order valence-electron chi connectivity index (χ0n) is 15.0. The quantitative estimate of drug-likeness (QED) is 0.518. The van der Waals surface area contributed by atoms with Crippen molar-refractivity contribution in [3.8, 4) is 17.2 Å². The predicted octanol–water partition coefficient (Wildman–Crippen LogP) is 4.86. The molecule has 0 unspecified atom stereocenters. The van der Waals surface area contributed by atoms with Gasteiger partial charge in [0.2, 0.25) is 0 Å². The molecule has 0 aliphatic carbocycles. The molecule has 0 amide bonds. The lowest BCUT2D eigenvalue weighted by Gasteiger charge is -2.12. The summed E-state index contributed by atoms with van der Waals surface area (Å²) in [5, 5.41) is 7.30. The number of aromatic nitrogens is 3. The fraction of sp³-hybridized carbons (Fsp3) is 0.200. The molecule has 2 heterocycles. The predicted molar refractivity (Wildman–Crippen MR) is 104 cm³/mol. The molecule has 0 bridgehead atoms. The van der Waals surface area contributed by atoms with Crippen LogP contribution < -0.4 is 9.47 Å². The molecule has 0 N–H and O–H groups in total. The van der Waals surface area contributed by atoms with Crippen molar-refractivity contribution in [1.29, 1.82) is 0 Å². The molecule has 0 spiro atoms. The molecule has 2 aromatic carbocycles. The highest BCUT2D eigenvalue weighted by Gasteiger charge is 2.20. The van der Waals surface area contributed by atoms with Crippen molar-refractivity contribution >= 4 is 33.4 Å². The van der Waals surface area contributed by atoms with Gasteiger partial charge in [-0.05, 0) is 32.0 Å². The smallest absolute Gasteiger partial charge is 0.148 e. The van der Waals surface area contributed by atoms with Crippen LogP contribution in [0.25, 0.3) is 27.5 Å². The first-order chi connectivity index (χ1) is 12.5. The van der Waals surface area contributed by atoms with Gasteiger partial charge < -0.3 is 9.47 Å². The number of aryl methyl sites for hydroxylation is 2. The van der Waals surface area contributed by atoms with Gasteiger partial charge in [-0.2, -0.15) is 5.10 Å². The molecule has 26 heavy (non-hydrogen) atoms. The molecular weight excluding hydrogens is 350 g/mol. The summed E-state index contributed by atoms with van der Waals surface area (Å²) in [6.45, 7) is 3.96. The van der Waals surface area contributed by atoms with E-state index < -0.39 is 0 Å². The van der Waals surface area contributed by atoms with Crippen molar-refractivity contribution < 1.29 is 9.47 Å². The minimum atomic E-state index is 0.634. The Bertz CT molecular complexity index is 1150. The maximum atomic E-state index is 6.45. The minimum absolute atomic E-state index is 0.634. The van der Waals surface area contributed by atoms with Gasteiger partial charge in [0.15, 0.2) is 0 Å². The van der Waals surface area contributed by atoms with Crippen molar-refractivity contribution in [3.05, 3.63) is 52.8 Å². The third-order valence-corrected chi connectivity index (χ3v) is 4.86. The van der Waals surface area contributed by atoms with Gasteiger partial charge in [0.05, 0.1) is 36.1 Å². The zero-order chi connectivity index (χ0) is 18.4. The van der Waals surface area contributed by atoms with Crippen LogP contribution >= 0.6 is 11.6 Å². The van der Waals surface area contributed by atoms with Crippen LogP contribution in [-0.2, 0) is 0 Å². The van der Waals surface area contributed by atoms with Crippen LogP contribution in [0.5, 0.6) is 11.5 Å². The van der Waals surface area contributed by atoms with E-state index >= 15 is 0 Å². The number of methoxy groups -OCH3 is 2. The summed E-state index contributed by atoms with van der Waals surface area (Å²) in [6, 6.07) is 11.5. The monoisotopic (exact) mass is 367 g/mol. The summed E-state index contributed by atoms with van der Waals surface area (Å²) < 4.78 is 12.9. The van der Waals surface area contributed by atoms with Gasteiger partial charge >= 0.3 is 0 Å². The third kappa shape index (κ3) is 2.39. The highest BCUT2D eigenvalue weighted by atomic mass is 35.5. The summed E-state index contributed by atoms with van der Waals surface area (Å²) in [5.41, 5.74) is 4.32. The highest BCUT2D eigenvalue weighted by Crippen LogP contribution is 2.38.